The number of nitrogens with zero attached hydrogens (tertiary/aromatic N) is 3. The van der Waals surface area contributed by atoms with Crippen LogP contribution in [-0.4, -0.2) is 17.7 Å². The number of allylic oxidation sites excluding steroid dienone is 2. The van der Waals surface area contributed by atoms with E-state index in [0.717, 1.165) is 28.3 Å². The summed E-state index contributed by atoms with van der Waals surface area (Å²) in [6.07, 6.45) is 1.92. The Morgan fingerprint density at radius 2 is 1.58 bits per heavy atom. The van der Waals surface area contributed by atoms with E-state index in [1.807, 2.05) is 6.26 Å². The fourth-order valence-corrected chi connectivity index (χ4v) is 3.28. The lowest BCUT2D eigenvalue weighted by Gasteiger charge is -2.25. The van der Waals surface area contributed by atoms with E-state index >= 15 is 0 Å². The van der Waals surface area contributed by atoms with Gasteiger partial charge in [-0.15, -0.1) is 0 Å². The first kappa shape index (κ1) is 14.4. The molecule has 102 valence electrons. The molecule has 0 saturated carbocycles. The van der Waals surface area contributed by atoms with Crippen molar-refractivity contribution in [2.45, 2.75) is 27.7 Å². The van der Waals surface area contributed by atoms with E-state index in [-0.39, 0.29) is 11.8 Å². The van der Waals surface area contributed by atoms with E-state index in [2.05, 4.69) is 40.8 Å². The average Bonchev–Trinajstić information content (AvgIpc) is 2.77. The van der Waals surface area contributed by atoms with Crippen LogP contribution in [-0.2, 0) is 11.4 Å². The van der Waals surface area contributed by atoms with Gasteiger partial charge in [0, 0.05) is 17.4 Å². The lowest BCUT2D eigenvalue weighted by Crippen LogP contribution is -2.29. The van der Waals surface area contributed by atoms with Crippen molar-refractivity contribution in [2.24, 2.45) is 25.0 Å². The molecule has 0 radical (unpaired) electrons. The maximum Gasteiger partial charge on any atom is 0.110 e. The molecule has 19 heavy (non-hydrogen) atoms. The van der Waals surface area contributed by atoms with Crippen LogP contribution in [0.1, 0.15) is 27.7 Å². The predicted octanol–water partition coefficient (Wildman–Crippen LogP) is 4.02. The zero-order valence-corrected chi connectivity index (χ0v) is 13.4. The van der Waals surface area contributed by atoms with Crippen LogP contribution in [0.5, 0.6) is 0 Å². The molecule has 1 N–H and O–H groups in total. The number of hydrogen-bond donors (Lipinski definition) is 1. The van der Waals surface area contributed by atoms with Crippen LogP contribution in [0.3, 0.4) is 0 Å². The normalized spacial score (nSPS) is 21.0. The van der Waals surface area contributed by atoms with Gasteiger partial charge in [0.1, 0.15) is 17.1 Å². The van der Waals surface area contributed by atoms with Gasteiger partial charge in [-0.2, -0.15) is 8.73 Å². The van der Waals surface area contributed by atoms with E-state index in [1.165, 1.54) is 23.3 Å². The summed E-state index contributed by atoms with van der Waals surface area (Å²) >= 11 is 2.61. The van der Waals surface area contributed by atoms with Gasteiger partial charge in [0.05, 0.1) is 17.1 Å². The van der Waals surface area contributed by atoms with Gasteiger partial charge < -0.3 is 0 Å². The van der Waals surface area contributed by atoms with Crippen molar-refractivity contribution in [3.05, 3.63) is 22.5 Å². The fourth-order valence-electron chi connectivity index (χ4n) is 2.33. The van der Waals surface area contributed by atoms with Crippen molar-refractivity contribution >= 4 is 34.7 Å². The van der Waals surface area contributed by atoms with E-state index in [4.69, 9.17) is 5.41 Å². The minimum atomic E-state index is 0.246. The van der Waals surface area contributed by atoms with Crippen molar-refractivity contribution in [2.75, 3.05) is 6.26 Å². The first-order valence-corrected chi connectivity index (χ1v) is 8.18. The first-order chi connectivity index (χ1) is 8.99. The van der Waals surface area contributed by atoms with Crippen LogP contribution in [0.25, 0.3) is 0 Å². The summed E-state index contributed by atoms with van der Waals surface area (Å²) in [4.78, 5) is 0. The second-order valence-corrected chi connectivity index (χ2v) is 6.17. The van der Waals surface area contributed by atoms with Crippen LogP contribution in [0.2, 0.25) is 0 Å². The molecule has 6 heteroatoms. The number of fused-ring (bicyclic) bond motifs is 1. The quantitative estimate of drug-likeness (QED) is 0.620. The summed E-state index contributed by atoms with van der Waals surface area (Å²) in [6, 6.07) is 0. The van der Waals surface area contributed by atoms with E-state index < -0.39 is 0 Å². The lowest BCUT2D eigenvalue weighted by atomic mass is 9.81. The lowest BCUT2D eigenvalue weighted by molar-refractivity contribution is 0.769. The predicted molar refractivity (Wildman–Crippen MR) is 84.6 cm³/mol. The molecular weight excluding hydrogens is 276 g/mol. The van der Waals surface area contributed by atoms with Gasteiger partial charge in [-0.25, -0.2) is 4.40 Å². The van der Waals surface area contributed by atoms with Crippen molar-refractivity contribution in [3.63, 3.8) is 0 Å². The zero-order valence-electron chi connectivity index (χ0n) is 11.8. The Morgan fingerprint density at radius 3 is 2.05 bits per heavy atom. The van der Waals surface area contributed by atoms with E-state index in [1.54, 1.807) is 0 Å². The maximum atomic E-state index is 8.47. The van der Waals surface area contributed by atoms with E-state index in [9.17, 15) is 0 Å². The monoisotopic (exact) mass is 294 g/mol. The maximum absolute atomic E-state index is 8.47. The molecule has 0 amide bonds. The first-order valence-electron chi connectivity index (χ1n) is 6.26. The second-order valence-electron chi connectivity index (χ2n) is 5.10. The molecule has 0 aromatic rings. The van der Waals surface area contributed by atoms with Crippen molar-refractivity contribution in [3.8, 4) is 0 Å². The van der Waals surface area contributed by atoms with Crippen LogP contribution in [0.4, 0.5) is 0 Å². The van der Waals surface area contributed by atoms with Gasteiger partial charge >= 0.3 is 0 Å². The molecule has 2 aliphatic rings. The molecule has 0 bridgehead atoms. The molecule has 0 fully saturated rings. The third-order valence-corrected chi connectivity index (χ3v) is 3.99. The van der Waals surface area contributed by atoms with Crippen LogP contribution in [0.15, 0.2) is 35.7 Å². The third-order valence-electron chi connectivity index (χ3n) is 3.10. The number of rotatable bonds is 3. The highest BCUT2D eigenvalue weighted by atomic mass is 32.2. The van der Waals surface area contributed by atoms with Crippen molar-refractivity contribution < 1.29 is 0 Å². The van der Waals surface area contributed by atoms with Gasteiger partial charge in [-0.05, 0) is 23.8 Å². The second kappa shape index (κ2) is 5.54. The smallest absolute Gasteiger partial charge is 0.110 e. The van der Waals surface area contributed by atoms with Gasteiger partial charge in [-0.3, -0.25) is 5.41 Å². The molecule has 0 aromatic heterocycles. The van der Waals surface area contributed by atoms with Crippen LogP contribution >= 0.6 is 11.9 Å². The molecule has 1 aliphatic carbocycles. The van der Waals surface area contributed by atoms with Crippen molar-refractivity contribution in [1.29, 1.82) is 5.41 Å². The average molecular weight is 294 g/mol. The number of nitrogens with one attached hydrogen (secondary N) is 1. The molecule has 1 heterocycles. The van der Waals surface area contributed by atoms with Gasteiger partial charge in [0.2, 0.25) is 0 Å². The molecular formula is C13H18N4S2. The standard InChI is InChI=1S/C13H18N4S2/c1-6(2)8-10(14)11(15-18-5)9(7(3)4)13-12(8)16-19-17-13/h6-7,14H,1-5H3/b14-10?,15-11-. The molecule has 2 rings (SSSR count). The summed E-state index contributed by atoms with van der Waals surface area (Å²) in [5.74, 6) is 0.526. The summed E-state index contributed by atoms with van der Waals surface area (Å²) in [5, 5.41) is 8.47. The Labute approximate surface area is 122 Å². The van der Waals surface area contributed by atoms with Crippen molar-refractivity contribution in [1.82, 2.24) is 0 Å². The summed E-state index contributed by atoms with van der Waals surface area (Å²) in [7, 11) is 0. The molecule has 1 aliphatic heterocycles. The van der Waals surface area contributed by atoms with Gasteiger partial charge in [0.25, 0.3) is 0 Å². The summed E-state index contributed by atoms with van der Waals surface area (Å²) < 4.78 is 13.3. The highest BCUT2D eigenvalue weighted by molar-refractivity contribution is 7.97. The molecule has 0 atom stereocenters. The largest absolute Gasteiger partial charge is 0.298 e. The fraction of sp³-hybridized carbons (Fsp3) is 0.538. The van der Waals surface area contributed by atoms with Crippen LogP contribution < -0.4 is 0 Å². The SMILES string of the molecule is CS/N=C1\C(=N)C(C(C)C)=C2N=S=NC2=C1C(C)C. The molecule has 0 spiro atoms. The third kappa shape index (κ3) is 2.39. The topological polar surface area (TPSA) is 60.9 Å². The summed E-state index contributed by atoms with van der Waals surface area (Å²) in [6.45, 7) is 8.40. The zero-order chi connectivity index (χ0) is 14.2. The molecule has 0 saturated heterocycles. The highest BCUT2D eigenvalue weighted by Gasteiger charge is 2.34. The van der Waals surface area contributed by atoms with Gasteiger partial charge in [-0.1, -0.05) is 27.7 Å². The molecule has 0 aromatic carbocycles. The Bertz CT molecular complexity index is 588. The Morgan fingerprint density at radius 1 is 1.05 bits per heavy atom. The molecule has 0 unspecified atom stereocenters. The minimum absolute atomic E-state index is 0.246. The Hall–Kier alpha value is -1.01. The van der Waals surface area contributed by atoms with Gasteiger partial charge in [0.15, 0.2) is 0 Å². The Kier molecular flexibility index (Phi) is 4.20. The molecule has 4 nitrogen and oxygen atoms in total. The summed E-state index contributed by atoms with van der Waals surface area (Å²) in [5.41, 5.74) is 5.09. The number of hydrogen-bond acceptors (Lipinski definition) is 5. The highest BCUT2D eigenvalue weighted by Crippen LogP contribution is 2.37. The Balaban J connectivity index is 2.74. The minimum Gasteiger partial charge on any atom is -0.298 e. The van der Waals surface area contributed by atoms with E-state index in [0.29, 0.717) is 5.71 Å². The van der Waals surface area contributed by atoms with Crippen LogP contribution in [0, 0.1) is 17.2 Å².